The Labute approximate surface area is 181 Å². The van der Waals surface area contributed by atoms with Gasteiger partial charge < -0.3 is 25.0 Å². The van der Waals surface area contributed by atoms with Gasteiger partial charge in [0.1, 0.15) is 5.75 Å². The van der Waals surface area contributed by atoms with Gasteiger partial charge in [0.05, 0.1) is 19.4 Å². The topological polar surface area (TPSA) is 57.8 Å². The van der Waals surface area contributed by atoms with E-state index < -0.39 is 0 Å². The molecule has 3 unspecified atom stereocenters. The van der Waals surface area contributed by atoms with Gasteiger partial charge in [0.2, 0.25) is 0 Å². The maximum Gasteiger partial charge on any atom is 0.130 e. The van der Waals surface area contributed by atoms with Crippen LogP contribution in [0.1, 0.15) is 43.7 Å². The van der Waals surface area contributed by atoms with Crippen molar-refractivity contribution >= 4 is 11.3 Å². The predicted octanol–water partition coefficient (Wildman–Crippen LogP) is 2.85. The fourth-order valence-corrected chi connectivity index (χ4v) is 4.99. The molecule has 1 aromatic rings. The lowest BCUT2D eigenvalue weighted by atomic mass is 9.95. The molecule has 4 rings (SSSR count). The fraction of sp³-hybridized carbons (Fsp3) is 0.667. The average molecular weight is 415 g/mol. The Morgan fingerprint density at radius 1 is 1.27 bits per heavy atom. The van der Waals surface area contributed by atoms with Gasteiger partial charge in [-0.3, -0.25) is 5.32 Å². The SMILES string of the molecule is COCCNC1CC(C)NC(Nc2cc3c(c(C4=CCN(C)CCC4)c2)OCC3)C1. The van der Waals surface area contributed by atoms with Crippen molar-refractivity contribution < 1.29 is 9.47 Å². The lowest BCUT2D eigenvalue weighted by molar-refractivity contribution is 0.187. The summed E-state index contributed by atoms with van der Waals surface area (Å²) in [5.41, 5.74) is 5.27. The standard InChI is InChI=1S/C24H38N4O2/c1-17-13-20(25-8-12-29-3)16-23(26-17)27-21-14-19-7-11-30-24(19)22(15-21)18-5-4-9-28(2)10-6-18/h6,14-15,17,20,23,25-27H,4-5,7-13,16H2,1-3H3. The molecule has 1 aromatic carbocycles. The molecule has 6 nitrogen and oxygen atoms in total. The van der Waals surface area contributed by atoms with E-state index in [1.165, 1.54) is 28.8 Å². The zero-order valence-corrected chi connectivity index (χ0v) is 18.8. The minimum Gasteiger partial charge on any atom is -0.492 e. The first kappa shape index (κ1) is 21.6. The van der Waals surface area contributed by atoms with Crippen molar-refractivity contribution in [2.45, 2.75) is 57.3 Å². The van der Waals surface area contributed by atoms with Gasteiger partial charge in [-0.2, -0.15) is 0 Å². The van der Waals surface area contributed by atoms with Crippen molar-refractivity contribution in [3.05, 3.63) is 29.3 Å². The largest absolute Gasteiger partial charge is 0.492 e. The second-order valence-corrected chi connectivity index (χ2v) is 9.09. The molecule has 0 radical (unpaired) electrons. The number of nitrogens with zero attached hydrogens (tertiary/aromatic N) is 1. The first-order valence-corrected chi connectivity index (χ1v) is 11.5. The summed E-state index contributed by atoms with van der Waals surface area (Å²) in [6.45, 7) is 6.90. The summed E-state index contributed by atoms with van der Waals surface area (Å²) in [4.78, 5) is 2.39. The van der Waals surface area contributed by atoms with Crippen LogP contribution in [0.25, 0.3) is 5.57 Å². The Hall–Kier alpha value is -1.60. The van der Waals surface area contributed by atoms with Crippen molar-refractivity contribution in [3.63, 3.8) is 0 Å². The normalized spacial score (nSPS) is 27.2. The highest BCUT2D eigenvalue weighted by atomic mass is 16.5. The molecule has 0 amide bonds. The molecule has 3 atom stereocenters. The summed E-state index contributed by atoms with van der Waals surface area (Å²) in [5, 5.41) is 11.2. The minimum atomic E-state index is 0.260. The monoisotopic (exact) mass is 414 g/mol. The third kappa shape index (κ3) is 5.35. The van der Waals surface area contributed by atoms with E-state index in [9.17, 15) is 0 Å². The quantitative estimate of drug-likeness (QED) is 0.597. The molecule has 0 aliphatic carbocycles. The first-order valence-electron chi connectivity index (χ1n) is 11.5. The number of methoxy groups -OCH3 is 1. The molecule has 3 N–H and O–H groups in total. The third-order valence-corrected chi connectivity index (χ3v) is 6.49. The number of rotatable bonds is 7. The van der Waals surface area contributed by atoms with E-state index in [1.54, 1.807) is 7.11 Å². The fourth-order valence-electron chi connectivity index (χ4n) is 4.99. The molecule has 3 heterocycles. The van der Waals surface area contributed by atoms with Crippen LogP contribution < -0.4 is 20.7 Å². The van der Waals surface area contributed by atoms with E-state index >= 15 is 0 Å². The van der Waals surface area contributed by atoms with Crippen LogP contribution in [-0.2, 0) is 11.2 Å². The van der Waals surface area contributed by atoms with E-state index in [0.717, 1.165) is 64.3 Å². The minimum absolute atomic E-state index is 0.260. The number of hydrogen-bond acceptors (Lipinski definition) is 6. The van der Waals surface area contributed by atoms with Crippen LogP contribution in [0, 0.1) is 0 Å². The molecular formula is C24H38N4O2. The highest BCUT2D eigenvalue weighted by Gasteiger charge is 2.27. The number of hydrogen-bond donors (Lipinski definition) is 3. The van der Waals surface area contributed by atoms with Crippen molar-refractivity contribution in [2.24, 2.45) is 0 Å². The molecule has 6 heteroatoms. The average Bonchev–Trinajstić information content (AvgIpc) is 3.08. The van der Waals surface area contributed by atoms with Crippen LogP contribution in [0.3, 0.4) is 0 Å². The maximum atomic E-state index is 6.06. The van der Waals surface area contributed by atoms with E-state index in [2.05, 4.69) is 53.0 Å². The summed E-state index contributed by atoms with van der Waals surface area (Å²) < 4.78 is 11.3. The molecule has 0 saturated carbocycles. The second kappa shape index (κ2) is 10.1. The van der Waals surface area contributed by atoms with Gasteiger partial charge in [-0.05, 0) is 63.9 Å². The van der Waals surface area contributed by atoms with Crippen molar-refractivity contribution in [1.82, 2.24) is 15.5 Å². The van der Waals surface area contributed by atoms with Gasteiger partial charge >= 0.3 is 0 Å². The number of likely N-dealkylation sites (N-methyl/N-ethyl adjacent to an activating group) is 1. The van der Waals surface area contributed by atoms with E-state index in [1.807, 2.05) is 0 Å². The number of nitrogens with one attached hydrogen (secondary N) is 3. The summed E-state index contributed by atoms with van der Waals surface area (Å²) in [6, 6.07) is 5.60. The lowest BCUT2D eigenvalue weighted by Crippen LogP contribution is -2.53. The highest BCUT2D eigenvalue weighted by Crippen LogP contribution is 2.39. The number of piperidine rings is 1. The number of allylic oxidation sites excluding steroid dienone is 1. The van der Waals surface area contributed by atoms with Crippen LogP contribution in [0.15, 0.2) is 18.2 Å². The maximum absolute atomic E-state index is 6.06. The van der Waals surface area contributed by atoms with Gasteiger partial charge in [-0.15, -0.1) is 0 Å². The van der Waals surface area contributed by atoms with E-state index in [0.29, 0.717) is 12.1 Å². The number of benzene rings is 1. The lowest BCUT2D eigenvalue weighted by Gasteiger charge is -2.36. The van der Waals surface area contributed by atoms with Gasteiger partial charge in [0.15, 0.2) is 0 Å². The molecule has 30 heavy (non-hydrogen) atoms. The number of fused-ring (bicyclic) bond motifs is 1. The second-order valence-electron chi connectivity index (χ2n) is 9.09. The molecule has 1 fully saturated rings. The van der Waals surface area contributed by atoms with Gasteiger partial charge in [0.25, 0.3) is 0 Å². The van der Waals surface area contributed by atoms with Crippen LogP contribution >= 0.6 is 0 Å². The Morgan fingerprint density at radius 3 is 3.03 bits per heavy atom. The van der Waals surface area contributed by atoms with Crippen LogP contribution in [0.4, 0.5) is 5.69 Å². The van der Waals surface area contributed by atoms with E-state index in [4.69, 9.17) is 9.47 Å². The van der Waals surface area contributed by atoms with Gasteiger partial charge in [-0.1, -0.05) is 6.08 Å². The third-order valence-electron chi connectivity index (χ3n) is 6.49. The van der Waals surface area contributed by atoms with Crippen LogP contribution in [-0.4, -0.2) is 70.2 Å². The van der Waals surface area contributed by atoms with Gasteiger partial charge in [-0.25, -0.2) is 0 Å². The smallest absolute Gasteiger partial charge is 0.130 e. The van der Waals surface area contributed by atoms with Gasteiger partial charge in [0, 0.05) is 55.5 Å². The Bertz CT molecular complexity index is 751. The molecule has 0 bridgehead atoms. The highest BCUT2D eigenvalue weighted by molar-refractivity contribution is 5.76. The number of ether oxygens (including phenoxy) is 2. The van der Waals surface area contributed by atoms with Crippen molar-refractivity contribution in [2.75, 3.05) is 52.3 Å². The van der Waals surface area contributed by atoms with Crippen LogP contribution in [0.2, 0.25) is 0 Å². The molecule has 3 aliphatic rings. The Balaban J connectivity index is 1.50. The summed E-state index contributed by atoms with van der Waals surface area (Å²) in [7, 11) is 3.96. The molecule has 0 aromatic heterocycles. The van der Waals surface area contributed by atoms with Crippen molar-refractivity contribution in [1.29, 1.82) is 0 Å². The van der Waals surface area contributed by atoms with E-state index in [-0.39, 0.29) is 6.17 Å². The zero-order valence-electron chi connectivity index (χ0n) is 18.8. The molecule has 3 aliphatic heterocycles. The molecule has 0 spiro atoms. The molecule has 166 valence electrons. The van der Waals surface area contributed by atoms with Crippen LogP contribution in [0.5, 0.6) is 5.75 Å². The summed E-state index contributed by atoms with van der Waals surface area (Å²) >= 11 is 0. The molecular weight excluding hydrogens is 376 g/mol. The Morgan fingerprint density at radius 2 is 2.17 bits per heavy atom. The van der Waals surface area contributed by atoms with Crippen molar-refractivity contribution in [3.8, 4) is 5.75 Å². The number of anilines is 1. The first-order chi connectivity index (χ1) is 14.6. The summed E-state index contributed by atoms with van der Waals surface area (Å²) in [6.07, 6.45) is 8.18. The Kier molecular flexibility index (Phi) is 7.31. The summed E-state index contributed by atoms with van der Waals surface area (Å²) in [5.74, 6) is 1.11. The molecule has 1 saturated heterocycles. The predicted molar refractivity (Wildman–Crippen MR) is 123 cm³/mol. The zero-order chi connectivity index (χ0) is 20.9.